The molecule has 0 aromatic rings. The zero-order valence-electron chi connectivity index (χ0n) is 8.19. The highest BCUT2D eigenvalue weighted by atomic mass is 16.5. The lowest BCUT2D eigenvalue weighted by Crippen LogP contribution is -2.21. The quantitative estimate of drug-likeness (QED) is 0.619. The average molecular weight is 178 g/mol. The second-order valence-corrected chi connectivity index (χ2v) is 3.68. The van der Waals surface area contributed by atoms with E-state index in [0.717, 1.165) is 6.32 Å². The van der Waals surface area contributed by atoms with Gasteiger partial charge in [-0.05, 0) is 12.2 Å². The van der Waals surface area contributed by atoms with Gasteiger partial charge in [-0.2, -0.15) is 0 Å². The number of carbonyl (C=O) groups is 1. The van der Waals surface area contributed by atoms with Gasteiger partial charge in [0, 0.05) is 6.42 Å². The zero-order valence-corrected chi connectivity index (χ0v) is 8.19. The van der Waals surface area contributed by atoms with E-state index in [0.29, 0.717) is 12.3 Å². The Hall–Kier alpha value is -0.985. The Balaban J connectivity index is 2.28. The molecule has 0 fully saturated rings. The lowest BCUT2D eigenvalue weighted by molar-refractivity contribution is -0.135. The molecule has 0 aliphatic carbocycles. The number of allylic oxidation sites excluding steroid dienone is 3. The topological polar surface area (TPSA) is 26.3 Å². The molecule has 13 heavy (non-hydrogen) atoms. The molecular formula is C10H15BO2. The van der Waals surface area contributed by atoms with Crippen LogP contribution in [0, 0.1) is 5.92 Å². The maximum atomic E-state index is 11.2. The molecule has 1 aliphatic rings. The van der Waals surface area contributed by atoms with Gasteiger partial charge in [-0.3, -0.25) is 4.79 Å². The fourth-order valence-electron chi connectivity index (χ4n) is 1.20. The molecule has 0 N–H and O–H groups in total. The summed E-state index contributed by atoms with van der Waals surface area (Å²) in [7, 11) is 0. The van der Waals surface area contributed by atoms with Crippen LogP contribution in [0.1, 0.15) is 20.3 Å². The Labute approximate surface area is 79.8 Å². The molecule has 0 amide bonds. The molecule has 0 unspecified atom stereocenters. The van der Waals surface area contributed by atoms with Crippen molar-refractivity contribution >= 4 is 12.9 Å². The summed E-state index contributed by atoms with van der Waals surface area (Å²) in [6.45, 7) is 3.98. The first-order valence-electron chi connectivity index (χ1n) is 4.71. The average Bonchev–Trinajstić information content (AvgIpc) is 2.04. The fourth-order valence-corrected chi connectivity index (χ4v) is 1.20. The van der Waals surface area contributed by atoms with Crippen molar-refractivity contribution in [3.05, 3.63) is 24.2 Å². The molecule has 0 aromatic heterocycles. The van der Waals surface area contributed by atoms with Crippen molar-refractivity contribution in [2.24, 2.45) is 5.92 Å². The van der Waals surface area contributed by atoms with Crippen LogP contribution < -0.4 is 0 Å². The predicted octanol–water partition coefficient (Wildman–Crippen LogP) is 2.23. The van der Waals surface area contributed by atoms with E-state index in [-0.39, 0.29) is 12.9 Å². The van der Waals surface area contributed by atoms with Gasteiger partial charge in [-0.15, -0.1) is 0 Å². The lowest BCUT2D eigenvalue weighted by Gasteiger charge is -2.12. The summed E-state index contributed by atoms with van der Waals surface area (Å²) < 4.78 is 5.23. The van der Waals surface area contributed by atoms with Crippen LogP contribution in [0.15, 0.2) is 24.2 Å². The first-order valence-corrected chi connectivity index (χ1v) is 4.71. The molecule has 0 saturated heterocycles. The number of hydrogen-bond donors (Lipinski definition) is 0. The second kappa shape index (κ2) is 4.90. The summed E-state index contributed by atoms with van der Waals surface area (Å²) in [4.78, 5) is 11.2. The summed E-state index contributed by atoms with van der Waals surface area (Å²) in [5, 5.41) is 0. The smallest absolute Gasteiger partial charge is 0.391 e. The van der Waals surface area contributed by atoms with Gasteiger partial charge < -0.3 is 4.65 Å². The minimum Gasteiger partial charge on any atom is -0.531 e. The Morgan fingerprint density at radius 1 is 1.54 bits per heavy atom. The van der Waals surface area contributed by atoms with E-state index in [4.69, 9.17) is 4.65 Å². The van der Waals surface area contributed by atoms with E-state index in [2.05, 4.69) is 0 Å². The van der Waals surface area contributed by atoms with Gasteiger partial charge in [0.05, 0.1) is 0 Å². The molecule has 1 rings (SSSR count). The van der Waals surface area contributed by atoms with Crippen LogP contribution in [-0.2, 0) is 9.45 Å². The number of rotatable bonds is 3. The van der Waals surface area contributed by atoms with Crippen LogP contribution in [0.25, 0.3) is 0 Å². The van der Waals surface area contributed by atoms with Crippen molar-refractivity contribution in [1.82, 2.24) is 0 Å². The minimum atomic E-state index is -0.0973. The van der Waals surface area contributed by atoms with Gasteiger partial charge >= 0.3 is 6.92 Å². The van der Waals surface area contributed by atoms with Crippen molar-refractivity contribution in [2.45, 2.75) is 26.6 Å². The first-order chi connectivity index (χ1) is 6.18. The largest absolute Gasteiger partial charge is 0.531 e. The number of hydrogen-bond acceptors (Lipinski definition) is 2. The van der Waals surface area contributed by atoms with Crippen LogP contribution >= 0.6 is 0 Å². The van der Waals surface area contributed by atoms with Crippen LogP contribution in [0.2, 0.25) is 6.32 Å². The minimum absolute atomic E-state index is 0.0451. The van der Waals surface area contributed by atoms with E-state index in [9.17, 15) is 4.79 Å². The van der Waals surface area contributed by atoms with Gasteiger partial charge in [0.15, 0.2) is 0 Å². The molecule has 1 aliphatic heterocycles. The monoisotopic (exact) mass is 178 g/mol. The zero-order chi connectivity index (χ0) is 9.68. The standard InChI is InChI=1S/C10H15BO2/c1-9(2)8-10(12)13-11-6-4-3-5-7-11/h3-6,9H,7-8H2,1-2H3. The molecule has 1 heterocycles. The van der Waals surface area contributed by atoms with Crippen LogP contribution in [0.5, 0.6) is 0 Å². The number of carbonyl (C=O) groups excluding carboxylic acids is 1. The van der Waals surface area contributed by atoms with Crippen molar-refractivity contribution in [2.75, 3.05) is 0 Å². The molecule has 2 nitrogen and oxygen atoms in total. The molecule has 3 heteroatoms. The lowest BCUT2D eigenvalue weighted by atomic mass is 9.62. The third-order valence-corrected chi connectivity index (χ3v) is 1.80. The second-order valence-electron chi connectivity index (χ2n) is 3.68. The molecule has 0 spiro atoms. The Kier molecular flexibility index (Phi) is 3.81. The van der Waals surface area contributed by atoms with Crippen molar-refractivity contribution in [1.29, 1.82) is 0 Å². The Morgan fingerprint density at radius 2 is 2.31 bits per heavy atom. The van der Waals surface area contributed by atoms with Crippen LogP contribution in [0.4, 0.5) is 0 Å². The summed E-state index contributed by atoms with van der Waals surface area (Å²) in [5.41, 5.74) is 0. The van der Waals surface area contributed by atoms with E-state index in [1.807, 2.05) is 38.1 Å². The maximum Gasteiger partial charge on any atom is 0.391 e. The third kappa shape index (κ3) is 3.97. The summed E-state index contributed by atoms with van der Waals surface area (Å²) in [6.07, 6.45) is 7.20. The molecular weight excluding hydrogens is 163 g/mol. The van der Waals surface area contributed by atoms with E-state index >= 15 is 0 Å². The van der Waals surface area contributed by atoms with E-state index < -0.39 is 0 Å². The summed E-state index contributed by atoms with van der Waals surface area (Å²) in [6, 6.07) is 0. The Bertz CT molecular complexity index is 231. The van der Waals surface area contributed by atoms with Gasteiger partial charge in [0.1, 0.15) is 0 Å². The normalized spacial score (nSPS) is 15.2. The highest BCUT2D eigenvalue weighted by Crippen LogP contribution is 2.08. The molecule has 0 aromatic carbocycles. The molecule has 0 atom stereocenters. The highest BCUT2D eigenvalue weighted by molar-refractivity contribution is 6.60. The van der Waals surface area contributed by atoms with E-state index in [1.165, 1.54) is 0 Å². The molecule has 0 radical (unpaired) electrons. The van der Waals surface area contributed by atoms with E-state index in [1.54, 1.807) is 0 Å². The highest BCUT2D eigenvalue weighted by Gasteiger charge is 2.17. The molecule has 0 saturated carbocycles. The first kappa shape index (κ1) is 10.1. The summed E-state index contributed by atoms with van der Waals surface area (Å²) >= 11 is 0. The van der Waals surface area contributed by atoms with Crippen LogP contribution in [0.3, 0.4) is 0 Å². The van der Waals surface area contributed by atoms with Crippen molar-refractivity contribution < 1.29 is 9.45 Å². The fraction of sp³-hybridized carbons (Fsp3) is 0.500. The summed E-state index contributed by atoms with van der Waals surface area (Å²) in [5.74, 6) is 2.19. The predicted molar refractivity (Wildman–Crippen MR) is 54.4 cm³/mol. The van der Waals surface area contributed by atoms with Gasteiger partial charge in [0.25, 0.3) is 5.97 Å². The SMILES string of the molecule is CC(C)CC(=O)OB1C=CC=CC1. The van der Waals surface area contributed by atoms with Gasteiger partial charge in [-0.25, -0.2) is 0 Å². The van der Waals surface area contributed by atoms with Crippen LogP contribution in [-0.4, -0.2) is 12.9 Å². The molecule has 70 valence electrons. The maximum absolute atomic E-state index is 11.2. The molecule has 0 bridgehead atoms. The van der Waals surface area contributed by atoms with Gasteiger partial charge in [-0.1, -0.05) is 38.1 Å². The third-order valence-electron chi connectivity index (χ3n) is 1.80. The van der Waals surface area contributed by atoms with Crippen molar-refractivity contribution in [3.8, 4) is 0 Å². The van der Waals surface area contributed by atoms with Gasteiger partial charge in [0.2, 0.25) is 0 Å². The van der Waals surface area contributed by atoms with Crippen molar-refractivity contribution in [3.63, 3.8) is 0 Å². The Morgan fingerprint density at radius 3 is 2.85 bits per heavy atom.